The van der Waals surface area contributed by atoms with Gasteiger partial charge in [0.2, 0.25) is 5.91 Å². The summed E-state index contributed by atoms with van der Waals surface area (Å²) in [6.07, 6.45) is 51.6. The van der Waals surface area contributed by atoms with Crippen molar-refractivity contribution in [3.63, 3.8) is 0 Å². The number of unbranched alkanes of at least 4 members (excludes halogenated alkanes) is 14. The zero-order valence-electron chi connectivity index (χ0n) is 38.1. The Hall–Kier alpha value is -2.89. The van der Waals surface area contributed by atoms with E-state index in [4.69, 9.17) is 9.47 Å². The molecule has 0 aromatic carbocycles. The van der Waals surface area contributed by atoms with Crippen LogP contribution >= 0.6 is 0 Å². The van der Waals surface area contributed by atoms with Crippen molar-refractivity contribution in [2.75, 3.05) is 13.2 Å². The molecule has 7 unspecified atom stereocenters. The summed E-state index contributed by atoms with van der Waals surface area (Å²) < 4.78 is 11.2. The van der Waals surface area contributed by atoms with Crippen molar-refractivity contribution in [2.24, 2.45) is 0 Å². The fourth-order valence-corrected chi connectivity index (χ4v) is 6.80. The van der Waals surface area contributed by atoms with Crippen molar-refractivity contribution in [1.82, 2.24) is 5.32 Å². The first-order valence-electron chi connectivity index (χ1n) is 24.0. The summed E-state index contributed by atoms with van der Waals surface area (Å²) in [6, 6.07) is -0.844. The smallest absolute Gasteiger partial charge is 0.220 e. The summed E-state index contributed by atoms with van der Waals surface area (Å²) in [6.45, 7) is 3.60. The molecule has 1 saturated heterocycles. The number of carbonyl (C=O) groups is 1. The number of nitrogens with one attached hydrogen (secondary N) is 1. The van der Waals surface area contributed by atoms with Gasteiger partial charge >= 0.3 is 0 Å². The second-order valence-electron chi connectivity index (χ2n) is 16.1. The lowest BCUT2D eigenvalue weighted by atomic mass is 9.99. The lowest BCUT2D eigenvalue weighted by Crippen LogP contribution is -2.60. The van der Waals surface area contributed by atoms with Gasteiger partial charge in [0.05, 0.1) is 25.4 Å². The van der Waals surface area contributed by atoms with Crippen molar-refractivity contribution in [2.45, 2.75) is 211 Å². The second kappa shape index (κ2) is 41.1. The molecule has 1 heterocycles. The number of carbonyl (C=O) groups excluding carboxylic acids is 1. The first kappa shape index (κ1) is 56.1. The molecule has 0 aliphatic carbocycles. The molecule has 1 fully saturated rings. The molecule has 7 atom stereocenters. The summed E-state index contributed by atoms with van der Waals surface area (Å²) in [4.78, 5) is 13.0. The molecular weight excluding hydrogens is 767 g/mol. The Kier molecular flexibility index (Phi) is 37.9. The Labute approximate surface area is 371 Å². The van der Waals surface area contributed by atoms with E-state index in [1.54, 1.807) is 6.08 Å². The van der Waals surface area contributed by atoms with Gasteiger partial charge in [-0.25, -0.2) is 0 Å². The third-order valence-corrected chi connectivity index (χ3v) is 10.6. The van der Waals surface area contributed by atoms with Gasteiger partial charge in [-0.2, -0.15) is 0 Å². The summed E-state index contributed by atoms with van der Waals surface area (Å²) >= 11 is 0. The molecule has 1 rings (SSSR count). The largest absolute Gasteiger partial charge is 0.394 e. The van der Waals surface area contributed by atoms with Gasteiger partial charge in [0.1, 0.15) is 24.4 Å². The molecule has 0 spiro atoms. The maximum absolute atomic E-state index is 13.0. The molecule has 6 N–H and O–H groups in total. The molecule has 61 heavy (non-hydrogen) atoms. The maximum Gasteiger partial charge on any atom is 0.220 e. The molecule has 0 aromatic rings. The van der Waals surface area contributed by atoms with E-state index in [2.05, 4.69) is 104 Å². The van der Waals surface area contributed by atoms with Crippen molar-refractivity contribution < 1.29 is 39.8 Å². The number of rotatable bonds is 38. The van der Waals surface area contributed by atoms with E-state index in [9.17, 15) is 30.3 Å². The molecule has 1 aliphatic heterocycles. The summed E-state index contributed by atoms with van der Waals surface area (Å²) in [7, 11) is 0. The van der Waals surface area contributed by atoms with Gasteiger partial charge in [0.25, 0.3) is 0 Å². The van der Waals surface area contributed by atoms with Crippen molar-refractivity contribution in [1.29, 1.82) is 0 Å². The molecule has 9 nitrogen and oxygen atoms in total. The van der Waals surface area contributed by atoms with Gasteiger partial charge in [-0.3, -0.25) is 4.79 Å². The minimum absolute atomic E-state index is 0.215. The molecule has 1 aliphatic rings. The Balaban J connectivity index is 2.40. The van der Waals surface area contributed by atoms with Crippen molar-refractivity contribution >= 4 is 5.91 Å². The summed E-state index contributed by atoms with van der Waals surface area (Å²) in [5.74, 6) is -0.215. The predicted octanol–water partition coefficient (Wildman–Crippen LogP) is 10.5. The zero-order chi connectivity index (χ0) is 44.4. The van der Waals surface area contributed by atoms with Gasteiger partial charge in [-0.05, 0) is 89.9 Å². The third kappa shape index (κ3) is 31.6. The van der Waals surface area contributed by atoms with Crippen LogP contribution in [-0.2, 0) is 14.3 Å². The van der Waals surface area contributed by atoms with Gasteiger partial charge in [-0.15, -0.1) is 0 Å². The highest BCUT2D eigenvalue weighted by molar-refractivity contribution is 5.76. The van der Waals surface area contributed by atoms with Gasteiger partial charge in [-0.1, -0.05) is 169 Å². The summed E-state index contributed by atoms with van der Waals surface area (Å²) in [5, 5.41) is 54.2. The minimum Gasteiger partial charge on any atom is -0.394 e. The normalized spacial score (nSPS) is 21.3. The average Bonchev–Trinajstić information content (AvgIpc) is 3.26. The van der Waals surface area contributed by atoms with E-state index >= 15 is 0 Å². The van der Waals surface area contributed by atoms with E-state index in [0.717, 1.165) is 103 Å². The van der Waals surface area contributed by atoms with E-state index in [0.29, 0.717) is 6.42 Å². The molecule has 0 radical (unpaired) electrons. The van der Waals surface area contributed by atoms with Crippen LogP contribution in [0.15, 0.2) is 97.2 Å². The fraction of sp³-hybridized carbons (Fsp3) is 0.673. The highest BCUT2D eigenvalue weighted by Crippen LogP contribution is 2.22. The monoisotopic (exact) mass is 854 g/mol. The number of allylic oxidation sites excluding steroid dienone is 15. The van der Waals surface area contributed by atoms with Crippen LogP contribution in [0.5, 0.6) is 0 Å². The molecule has 1 amide bonds. The highest BCUT2D eigenvalue weighted by atomic mass is 16.7. The minimum atomic E-state index is -1.58. The molecule has 0 aromatic heterocycles. The summed E-state index contributed by atoms with van der Waals surface area (Å²) in [5.41, 5.74) is 0. The van der Waals surface area contributed by atoms with E-state index < -0.39 is 49.5 Å². The number of hydrogen-bond acceptors (Lipinski definition) is 8. The van der Waals surface area contributed by atoms with Crippen LogP contribution in [0.25, 0.3) is 0 Å². The molecular formula is C52H87NO8. The Bertz CT molecular complexity index is 1270. The second-order valence-corrected chi connectivity index (χ2v) is 16.1. The fourth-order valence-electron chi connectivity index (χ4n) is 6.80. The topological polar surface area (TPSA) is 149 Å². The van der Waals surface area contributed by atoms with E-state index in [1.807, 2.05) is 6.08 Å². The number of ether oxygens (including phenoxy) is 2. The number of aliphatic hydroxyl groups excluding tert-OH is 5. The number of aliphatic hydroxyl groups is 5. The Morgan fingerprint density at radius 2 is 1.03 bits per heavy atom. The zero-order valence-corrected chi connectivity index (χ0v) is 38.1. The predicted molar refractivity (Wildman–Crippen MR) is 253 cm³/mol. The first-order chi connectivity index (χ1) is 29.8. The van der Waals surface area contributed by atoms with Crippen LogP contribution in [0, 0.1) is 0 Å². The van der Waals surface area contributed by atoms with Crippen LogP contribution in [0.3, 0.4) is 0 Å². The van der Waals surface area contributed by atoms with Crippen molar-refractivity contribution in [3.8, 4) is 0 Å². The van der Waals surface area contributed by atoms with Gasteiger partial charge in [0, 0.05) is 6.42 Å². The Morgan fingerprint density at radius 3 is 1.57 bits per heavy atom. The molecule has 9 heteroatoms. The van der Waals surface area contributed by atoms with Crippen LogP contribution < -0.4 is 5.32 Å². The third-order valence-electron chi connectivity index (χ3n) is 10.6. The van der Waals surface area contributed by atoms with E-state index in [1.165, 1.54) is 44.9 Å². The molecule has 0 bridgehead atoms. The number of hydrogen-bond donors (Lipinski definition) is 6. The molecule has 348 valence electrons. The van der Waals surface area contributed by atoms with Crippen LogP contribution in [0.4, 0.5) is 0 Å². The Morgan fingerprint density at radius 1 is 0.574 bits per heavy atom. The SMILES string of the molecule is CC/C=C\C/C=C\C/C=C\C/C=C\C/C=C\CCCCCCCC(=O)NC(COC1OC(CO)C(O)C(O)C1O)C(O)/C=C/CC/C=C/CC/C=C/CCCCCCCCC. The van der Waals surface area contributed by atoms with E-state index in [-0.39, 0.29) is 12.5 Å². The lowest BCUT2D eigenvalue weighted by Gasteiger charge is -2.40. The maximum atomic E-state index is 13.0. The number of amides is 1. The van der Waals surface area contributed by atoms with Crippen LogP contribution in [-0.4, -0.2) is 87.5 Å². The van der Waals surface area contributed by atoms with Crippen molar-refractivity contribution in [3.05, 3.63) is 97.2 Å². The highest BCUT2D eigenvalue weighted by Gasteiger charge is 2.44. The standard InChI is InChI=1S/C52H87NO8/c1-3-5-7-9-11-13-15-17-19-21-22-23-24-26-28-30-32-34-36-38-40-42-48(56)53-45(44-60-52-51(59)50(58)49(57)47(43-54)61-52)46(55)41-39-37-35-33-31-29-27-25-20-18-16-14-12-10-8-6-4-2/h5,7,11,13,17,19-20,22-23,25-26,28,31,33,39,41,45-47,49-52,54-55,57-59H,3-4,6,8-10,12,14-16,18,21,24,27,29-30,32,34-38,40,42-44H2,1-2H3,(H,53,56)/b7-5-,13-11-,19-17-,23-22-,25-20+,28-26-,33-31+,41-39+. The van der Waals surface area contributed by atoms with Gasteiger partial charge in [0.15, 0.2) is 6.29 Å². The van der Waals surface area contributed by atoms with Crippen LogP contribution in [0.1, 0.15) is 168 Å². The molecule has 0 saturated carbocycles. The van der Waals surface area contributed by atoms with Crippen LogP contribution in [0.2, 0.25) is 0 Å². The lowest BCUT2D eigenvalue weighted by molar-refractivity contribution is -0.302. The average molecular weight is 854 g/mol. The van der Waals surface area contributed by atoms with Gasteiger partial charge < -0.3 is 40.3 Å². The quantitative estimate of drug-likeness (QED) is 0.0266. The first-order valence-corrected chi connectivity index (χ1v) is 24.0.